The molecule has 6 unspecified atom stereocenters. The summed E-state index contributed by atoms with van der Waals surface area (Å²) >= 11 is 0. The summed E-state index contributed by atoms with van der Waals surface area (Å²) in [5, 5.41) is 16.3. The number of methoxy groups -OCH3 is 1. The summed E-state index contributed by atoms with van der Waals surface area (Å²) in [5.74, 6) is 0.639. The quantitative estimate of drug-likeness (QED) is 0.268. The van der Waals surface area contributed by atoms with E-state index >= 15 is 0 Å². The van der Waals surface area contributed by atoms with E-state index in [4.69, 9.17) is 14.2 Å². The number of rotatable bonds is 5. The molecular weight excluding hydrogens is 853 g/mol. The van der Waals surface area contributed by atoms with E-state index in [1.165, 1.54) is 0 Å². The zero-order valence-electron chi connectivity index (χ0n) is 42.0. The van der Waals surface area contributed by atoms with Crippen molar-refractivity contribution in [2.75, 3.05) is 46.4 Å². The molecule has 8 bridgehead atoms. The highest BCUT2D eigenvalue weighted by molar-refractivity contribution is 5.94. The molecule has 3 N–H and O–H groups in total. The lowest BCUT2D eigenvalue weighted by atomic mass is 9.45. The molecule has 10 fully saturated rings. The first-order valence-electron chi connectivity index (χ1n) is 26.4. The van der Waals surface area contributed by atoms with Crippen molar-refractivity contribution in [1.29, 1.82) is 0 Å². The zero-order valence-corrected chi connectivity index (χ0v) is 42.0. The Morgan fingerprint density at radius 3 is 1.72 bits per heavy atom. The van der Waals surface area contributed by atoms with Crippen molar-refractivity contribution in [1.82, 2.24) is 20.4 Å². The van der Waals surface area contributed by atoms with Crippen molar-refractivity contribution in [3.05, 3.63) is 0 Å². The molecular formula is C53H82N4O10. The normalized spacial score (nSPS) is 50.4. The van der Waals surface area contributed by atoms with Crippen LogP contribution in [0.5, 0.6) is 0 Å². The number of aliphatic hydroxyl groups excluding tert-OH is 1. The van der Waals surface area contributed by atoms with Crippen molar-refractivity contribution in [2.45, 2.75) is 157 Å². The minimum Gasteiger partial charge on any atom is -0.445 e. The summed E-state index contributed by atoms with van der Waals surface area (Å²) < 4.78 is 18.2. The van der Waals surface area contributed by atoms with Gasteiger partial charge in [-0.05, 0) is 130 Å². The number of nitrogens with zero attached hydrogens (tertiary/aromatic N) is 2. The van der Waals surface area contributed by atoms with Gasteiger partial charge in [-0.15, -0.1) is 0 Å². The first-order valence-corrected chi connectivity index (χ1v) is 26.4. The molecule has 67 heavy (non-hydrogen) atoms. The molecule has 0 radical (unpaired) electrons. The number of carbonyl (C=O) groups excluding carboxylic acids is 6. The van der Waals surface area contributed by atoms with Gasteiger partial charge in [0.15, 0.2) is 0 Å². The summed E-state index contributed by atoms with van der Waals surface area (Å²) in [7, 11) is 1.77. The number of alkyl carbamates (subject to hydrolysis) is 2. The Labute approximate surface area is 398 Å². The Morgan fingerprint density at radius 1 is 0.672 bits per heavy atom. The van der Waals surface area contributed by atoms with E-state index in [0.717, 1.165) is 90.5 Å². The van der Waals surface area contributed by atoms with Crippen LogP contribution in [0.25, 0.3) is 0 Å². The number of ketones is 2. The van der Waals surface area contributed by atoms with Crippen molar-refractivity contribution in [2.24, 2.45) is 92.7 Å². The Hall–Kier alpha value is -2.94. The van der Waals surface area contributed by atoms with Crippen molar-refractivity contribution in [3.8, 4) is 0 Å². The van der Waals surface area contributed by atoms with E-state index in [-0.39, 0.29) is 99.0 Å². The largest absolute Gasteiger partial charge is 0.445 e. The molecule has 22 atom stereocenters. The highest BCUT2D eigenvalue weighted by Gasteiger charge is 2.69. The van der Waals surface area contributed by atoms with Crippen LogP contribution in [-0.4, -0.2) is 121 Å². The molecule has 0 aromatic rings. The molecule has 4 heterocycles. The third-order valence-electron chi connectivity index (χ3n) is 22.0. The summed E-state index contributed by atoms with van der Waals surface area (Å²) in [6.07, 6.45) is 7.37. The Bertz CT molecular complexity index is 1980. The number of hydrogen-bond donors (Lipinski definition) is 3. The number of aliphatic hydroxyl groups is 1. The second-order valence-corrected chi connectivity index (χ2v) is 24.6. The van der Waals surface area contributed by atoms with Crippen molar-refractivity contribution < 1.29 is 48.1 Å². The van der Waals surface area contributed by atoms with Crippen LogP contribution in [0.1, 0.15) is 132 Å². The minimum absolute atomic E-state index is 0.0244. The van der Waals surface area contributed by atoms with E-state index in [0.29, 0.717) is 43.6 Å². The molecule has 10 rings (SSSR count). The van der Waals surface area contributed by atoms with Crippen LogP contribution in [0.15, 0.2) is 0 Å². The maximum absolute atomic E-state index is 13.5. The lowest BCUT2D eigenvalue weighted by molar-refractivity contribution is -0.184. The lowest BCUT2D eigenvalue weighted by Crippen LogP contribution is -2.62. The third kappa shape index (κ3) is 7.85. The number of ether oxygens (including phenoxy) is 3. The summed E-state index contributed by atoms with van der Waals surface area (Å²) in [6, 6.07) is 0. The fraction of sp³-hybridized carbons (Fsp3) is 0.887. The fourth-order valence-electron chi connectivity index (χ4n) is 17.7. The van der Waals surface area contributed by atoms with Gasteiger partial charge >= 0.3 is 12.2 Å². The molecule has 6 saturated carbocycles. The predicted octanol–water partition coefficient (Wildman–Crippen LogP) is 6.65. The van der Waals surface area contributed by atoms with Gasteiger partial charge in [0.05, 0.1) is 24.0 Å². The Morgan fingerprint density at radius 2 is 1.19 bits per heavy atom. The molecule has 0 spiro atoms. The van der Waals surface area contributed by atoms with Crippen LogP contribution >= 0.6 is 0 Å². The van der Waals surface area contributed by atoms with Crippen LogP contribution in [0.2, 0.25) is 0 Å². The standard InChI is InChI=1S/C27H42N2O5.C26H40N2O5/c1-15-12-21(34-25(32)28-24(31)19-14-29-11-8-18(19)13-29)26(4)16(2)6-9-27(17(3)22(15)30)10-7-20(33-5)23(26)27;1-14-11-20(33-24(32)27-23(31)18-13-28-10-7-17(18)12-28)25(4)15(2)5-8-26(16(3)21(14)30)9-6-19(29)22(25)26/h15-21,23H,6-14H2,1-5H3,(H,28,31,32);14-18,20-22,30H,5-13H2,1-4H3,(H,27,31,32)/t15-,16+,17-,18+,19-,20+,21+,23?,26-,27?;14-,15+,16-,17+,18-,20+,21+,22?,25-,26?/m00/s1. The number of hydrogen-bond acceptors (Lipinski definition) is 12. The number of nitrogens with one attached hydrogen (secondary N) is 2. The average molecular weight is 935 g/mol. The number of carbonyl (C=O) groups is 6. The summed E-state index contributed by atoms with van der Waals surface area (Å²) in [6.45, 7) is 22.4. The van der Waals surface area contributed by atoms with Gasteiger partial charge in [0.1, 0.15) is 23.8 Å². The zero-order chi connectivity index (χ0) is 48.1. The van der Waals surface area contributed by atoms with Gasteiger partial charge in [0, 0.05) is 74.2 Å². The third-order valence-corrected chi connectivity index (χ3v) is 22.0. The van der Waals surface area contributed by atoms with Crippen molar-refractivity contribution >= 4 is 35.6 Å². The van der Waals surface area contributed by atoms with Gasteiger partial charge < -0.3 is 29.1 Å². The van der Waals surface area contributed by atoms with E-state index in [2.05, 4.69) is 62.0 Å². The van der Waals surface area contributed by atoms with Crippen LogP contribution in [0.4, 0.5) is 9.59 Å². The van der Waals surface area contributed by atoms with Crippen LogP contribution in [0.3, 0.4) is 0 Å². The monoisotopic (exact) mass is 935 g/mol. The van der Waals surface area contributed by atoms with Gasteiger partial charge in [-0.1, -0.05) is 55.4 Å². The highest BCUT2D eigenvalue weighted by Crippen LogP contribution is 2.69. The molecule has 0 aromatic carbocycles. The molecule has 14 nitrogen and oxygen atoms in total. The number of Topliss-reactive ketones (excluding diaryl/α,β-unsaturated/α-hetero) is 2. The van der Waals surface area contributed by atoms with Gasteiger partial charge in [0.2, 0.25) is 11.8 Å². The van der Waals surface area contributed by atoms with Crippen LogP contribution in [-0.2, 0) is 33.4 Å². The Balaban J connectivity index is 0.000000168. The lowest BCUT2D eigenvalue weighted by Gasteiger charge is -2.60. The predicted molar refractivity (Wildman–Crippen MR) is 249 cm³/mol. The van der Waals surface area contributed by atoms with Gasteiger partial charge in [-0.25, -0.2) is 9.59 Å². The SMILES string of the molecule is CO[C@@H]1CCC23CC[C@@H](C)[C@](C)(C12)[C@H](OC(=O)NC(=O)[C@H]1CN2CC[C@@H]1C2)C[C@H](C)C(=O)[C@@H]3C.C[C@@H]1CCC23CCC(=O)C2[C@]1(C)[C@H](OC(=O)NC(=O)[C@H]1CN2CC[C@@H]1C2)C[C@H](C)[C@@H](O)[C@@H]3C. The van der Waals surface area contributed by atoms with Gasteiger partial charge in [0.25, 0.3) is 0 Å². The molecule has 374 valence electrons. The number of amides is 4. The number of fused-ring (bicyclic) bond motifs is 4. The fourth-order valence-corrected chi connectivity index (χ4v) is 17.7. The van der Waals surface area contributed by atoms with E-state index in [9.17, 15) is 33.9 Å². The highest BCUT2D eigenvalue weighted by atomic mass is 16.6. The summed E-state index contributed by atoms with van der Waals surface area (Å²) in [5.41, 5.74) is -1.18. The number of piperidine rings is 2. The van der Waals surface area contributed by atoms with Crippen LogP contribution < -0.4 is 10.6 Å². The molecule has 0 aromatic heterocycles. The molecule has 4 saturated heterocycles. The minimum atomic E-state index is -0.701. The van der Waals surface area contributed by atoms with Crippen molar-refractivity contribution in [3.63, 3.8) is 0 Å². The smallest absolute Gasteiger partial charge is 0.414 e. The average Bonchev–Trinajstić information content (AvgIpc) is 4.18. The van der Waals surface area contributed by atoms with E-state index in [1.54, 1.807) is 7.11 Å². The molecule has 4 aliphatic heterocycles. The molecule has 14 heteroatoms. The topological polar surface area (TPSA) is 181 Å². The maximum atomic E-state index is 13.5. The van der Waals surface area contributed by atoms with Crippen LogP contribution in [0, 0.1) is 92.7 Å². The second-order valence-electron chi connectivity index (χ2n) is 24.6. The van der Waals surface area contributed by atoms with Gasteiger partial charge in [-0.3, -0.25) is 29.8 Å². The second kappa shape index (κ2) is 18.0. The molecule has 6 aliphatic carbocycles. The first-order chi connectivity index (χ1) is 31.7. The number of imide groups is 2. The van der Waals surface area contributed by atoms with E-state index < -0.39 is 35.9 Å². The summed E-state index contributed by atoms with van der Waals surface area (Å²) in [4.78, 5) is 83.2. The molecule has 10 aliphatic rings. The Kier molecular flexibility index (Phi) is 13.2. The first kappa shape index (κ1) is 49.1. The van der Waals surface area contributed by atoms with E-state index in [1.807, 2.05) is 13.8 Å². The molecule has 4 amide bonds. The maximum Gasteiger partial charge on any atom is 0.414 e. The van der Waals surface area contributed by atoms with Gasteiger partial charge in [-0.2, -0.15) is 0 Å².